The molecule has 1 aromatic rings. The van der Waals surface area contributed by atoms with Crippen molar-refractivity contribution in [2.24, 2.45) is 0 Å². The molecule has 4 nitrogen and oxygen atoms in total. The summed E-state index contributed by atoms with van der Waals surface area (Å²) in [7, 11) is 1.78. The van der Waals surface area contributed by atoms with Crippen LogP contribution in [-0.2, 0) is 17.8 Å². The minimum Gasteiger partial charge on any atom is -0.378 e. The van der Waals surface area contributed by atoms with Crippen LogP contribution in [0.25, 0.3) is 0 Å². The predicted molar refractivity (Wildman–Crippen MR) is 76.2 cm³/mol. The molecule has 0 amide bonds. The molecule has 2 aliphatic rings. The van der Waals surface area contributed by atoms with Crippen molar-refractivity contribution in [3.05, 3.63) is 23.4 Å². The lowest BCUT2D eigenvalue weighted by atomic mass is 10.1. The van der Waals surface area contributed by atoms with Gasteiger partial charge in [-0.25, -0.2) is 4.98 Å². The van der Waals surface area contributed by atoms with Crippen molar-refractivity contribution in [3.63, 3.8) is 0 Å². The second-order valence-electron chi connectivity index (χ2n) is 6.56. The van der Waals surface area contributed by atoms with Gasteiger partial charge in [0.2, 0.25) is 0 Å². The van der Waals surface area contributed by atoms with Crippen LogP contribution in [0.1, 0.15) is 32.0 Å². The summed E-state index contributed by atoms with van der Waals surface area (Å²) in [6, 6.07) is 4.39. The predicted octanol–water partition coefficient (Wildman–Crippen LogP) is 2.03. The van der Waals surface area contributed by atoms with E-state index in [0.717, 1.165) is 32.0 Å². The quantitative estimate of drug-likeness (QED) is 0.814. The van der Waals surface area contributed by atoms with Crippen molar-refractivity contribution >= 4 is 5.82 Å². The molecular weight excluding hydrogens is 238 g/mol. The van der Waals surface area contributed by atoms with Crippen LogP contribution in [0.4, 0.5) is 5.82 Å². The summed E-state index contributed by atoms with van der Waals surface area (Å²) >= 11 is 0. The number of nitrogens with zero attached hydrogens (tertiary/aromatic N) is 3. The van der Waals surface area contributed by atoms with Crippen molar-refractivity contribution in [1.29, 1.82) is 0 Å². The van der Waals surface area contributed by atoms with Crippen molar-refractivity contribution in [1.82, 2.24) is 9.88 Å². The van der Waals surface area contributed by atoms with E-state index >= 15 is 0 Å². The summed E-state index contributed by atoms with van der Waals surface area (Å²) in [5.74, 6) is 1.10. The fraction of sp³-hybridized carbons (Fsp3) is 0.667. The fourth-order valence-corrected chi connectivity index (χ4v) is 2.67. The first-order valence-electron chi connectivity index (χ1n) is 6.99. The first-order chi connectivity index (χ1) is 8.97. The molecule has 0 unspecified atom stereocenters. The highest BCUT2D eigenvalue weighted by Gasteiger charge is 2.31. The second kappa shape index (κ2) is 4.46. The molecule has 3 heterocycles. The zero-order valence-electron chi connectivity index (χ0n) is 12.3. The van der Waals surface area contributed by atoms with Crippen LogP contribution in [0.15, 0.2) is 12.1 Å². The molecule has 1 fully saturated rings. The molecule has 0 spiro atoms. The van der Waals surface area contributed by atoms with Crippen molar-refractivity contribution in [2.45, 2.75) is 45.5 Å². The Kier molecular flexibility index (Phi) is 3.02. The number of rotatable bonds is 2. The lowest BCUT2D eigenvalue weighted by Crippen LogP contribution is -2.52. The van der Waals surface area contributed by atoms with E-state index in [0.29, 0.717) is 6.10 Å². The molecule has 0 N–H and O–H groups in total. The summed E-state index contributed by atoms with van der Waals surface area (Å²) in [6.45, 7) is 10.7. The Morgan fingerprint density at radius 3 is 2.58 bits per heavy atom. The maximum Gasteiger partial charge on any atom is 0.129 e. The van der Waals surface area contributed by atoms with Gasteiger partial charge in [0.25, 0.3) is 0 Å². The average Bonchev–Trinajstić information content (AvgIpc) is 2.70. The maximum atomic E-state index is 5.31. The molecule has 1 aromatic heterocycles. The molecule has 0 aromatic carbocycles. The molecule has 0 radical (unpaired) electrons. The van der Waals surface area contributed by atoms with Crippen LogP contribution < -0.4 is 4.90 Å². The number of ether oxygens (including phenoxy) is 1. The van der Waals surface area contributed by atoms with Crippen LogP contribution in [0.2, 0.25) is 0 Å². The van der Waals surface area contributed by atoms with E-state index in [4.69, 9.17) is 9.72 Å². The Hall–Kier alpha value is -1.13. The Labute approximate surface area is 115 Å². The first kappa shape index (κ1) is 12.9. The van der Waals surface area contributed by atoms with Gasteiger partial charge < -0.3 is 9.64 Å². The highest BCUT2D eigenvalue weighted by atomic mass is 16.5. The van der Waals surface area contributed by atoms with Gasteiger partial charge in [0, 0.05) is 38.8 Å². The summed E-state index contributed by atoms with van der Waals surface area (Å²) in [5, 5.41) is 0. The molecular formula is C15H23N3O. The standard InChI is InChI=1S/C15H23N3O/c1-15(2,3)18-7-11-5-6-14(16-13(11)10-18)17-8-12(9-17)19-4/h5-6,12H,7-10H2,1-4H3. The van der Waals surface area contributed by atoms with Gasteiger partial charge in [-0.15, -0.1) is 0 Å². The number of hydrogen-bond acceptors (Lipinski definition) is 4. The zero-order valence-corrected chi connectivity index (χ0v) is 12.3. The number of aromatic nitrogens is 1. The van der Waals surface area contributed by atoms with Gasteiger partial charge in [0.1, 0.15) is 5.82 Å². The van der Waals surface area contributed by atoms with Crippen molar-refractivity contribution < 1.29 is 4.74 Å². The molecule has 2 aliphatic heterocycles. The largest absolute Gasteiger partial charge is 0.378 e. The van der Waals surface area contributed by atoms with Gasteiger partial charge >= 0.3 is 0 Å². The highest BCUT2D eigenvalue weighted by Crippen LogP contribution is 2.30. The first-order valence-corrected chi connectivity index (χ1v) is 6.99. The van der Waals surface area contributed by atoms with Gasteiger partial charge in [-0.05, 0) is 32.4 Å². The van der Waals surface area contributed by atoms with Crippen LogP contribution in [0, 0.1) is 0 Å². The topological polar surface area (TPSA) is 28.6 Å². The molecule has 1 saturated heterocycles. The van der Waals surface area contributed by atoms with Crippen molar-refractivity contribution in [3.8, 4) is 0 Å². The van der Waals surface area contributed by atoms with Crippen LogP contribution in [0.5, 0.6) is 0 Å². The minimum absolute atomic E-state index is 0.207. The number of hydrogen-bond donors (Lipinski definition) is 0. The van der Waals surface area contributed by atoms with Crippen LogP contribution in [0.3, 0.4) is 0 Å². The molecule has 4 heteroatoms. The lowest BCUT2D eigenvalue weighted by Gasteiger charge is -2.39. The Bertz CT molecular complexity index is 475. The molecule has 104 valence electrons. The monoisotopic (exact) mass is 261 g/mol. The summed E-state index contributed by atoms with van der Waals surface area (Å²) < 4.78 is 5.31. The van der Waals surface area contributed by atoms with E-state index in [2.05, 4.69) is 42.7 Å². The van der Waals surface area contributed by atoms with E-state index in [1.165, 1.54) is 11.3 Å². The SMILES string of the molecule is COC1CN(c2ccc3c(n2)CN(C(C)(C)C)C3)C1. The third kappa shape index (κ3) is 2.35. The number of anilines is 1. The fourth-order valence-electron chi connectivity index (χ4n) is 2.67. The molecule has 0 bridgehead atoms. The average molecular weight is 261 g/mol. The third-order valence-electron chi connectivity index (χ3n) is 4.21. The van der Waals surface area contributed by atoms with Gasteiger partial charge in [0.15, 0.2) is 0 Å². The van der Waals surface area contributed by atoms with Crippen molar-refractivity contribution in [2.75, 3.05) is 25.1 Å². The summed E-state index contributed by atoms with van der Waals surface area (Å²) in [5.41, 5.74) is 2.83. The Morgan fingerprint density at radius 1 is 1.21 bits per heavy atom. The number of methoxy groups -OCH3 is 1. The van der Waals surface area contributed by atoms with E-state index < -0.39 is 0 Å². The summed E-state index contributed by atoms with van der Waals surface area (Å²) in [6.07, 6.45) is 0.376. The van der Waals surface area contributed by atoms with Gasteiger partial charge in [-0.1, -0.05) is 6.07 Å². The van der Waals surface area contributed by atoms with Crippen LogP contribution in [-0.4, -0.2) is 41.7 Å². The molecule has 0 atom stereocenters. The van der Waals surface area contributed by atoms with Gasteiger partial charge in [-0.3, -0.25) is 4.90 Å². The van der Waals surface area contributed by atoms with E-state index in [-0.39, 0.29) is 5.54 Å². The lowest BCUT2D eigenvalue weighted by molar-refractivity contribution is 0.0783. The van der Waals surface area contributed by atoms with E-state index in [1.54, 1.807) is 7.11 Å². The number of fused-ring (bicyclic) bond motifs is 1. The summed E-state index contributed by atoms with van der Waals surface area (Å²) in [4.78, 5) is 9.60. The Balaban J connectivity index is 1.73. The highest BCUT2D eigenvalue weighted by molar-refractivity contribution is 5.45. The van der Waals surface area contributed by atoms with Gasteiger partial charge in [0.05, 0.1) is 11.8 Å². The maximum absolute atomic E-state index is 5.31. The molecule has 0 aliphatic carbocycles. The number of pyridine rings is 1. The van der Waals surface area contributed by atoms with E-state index in [9.17, 15) is 0 Å². The second-order valence-corrected chi connectivity index (χ2v) is 6.56. The van der Waals surface area contributed by atoms with Crippen LogP contribution >= 0.6 is 0 Å². The van der Waals surface area contributed by atoms with Gasteiger partial charge in [-0.2, -0.15) is 0 Å². The molecule has 19 heavy (non-hydrogen) atoms. The molecule has 0 saturated carbocycles. The molecule has 3 rings (SSSR count). The Morgan fingerprint density at radius 2 is 1.95 bits per heavy atom. The zero-order chi connectivity index (χ0) is 13.6. The minimum atomic E-state index is 0.207. The third-order valence-corrected chi connectivity index (χ3v) is 4.21. The van der Waals surface area contributed by atoms with E-state index in [1.807, 2.05) is 0 Å². The normalized spacial score (nSPS) is 20.5. The smallest absolute Gasteiger partial charge is 0.129 e.